The molecule has 1 aromatic carbocycles. The van der Waals surface area contributed by atoms with E-state index in [1.54, 1.807) is 10.9 Å². The van der Waals surface area contributed by atoms with E-state index in [1.807, 2.05) is 6.07 Å². The van der Waals surface area contributed by atoms with Crippen LogP contribution >= 0.6 is 0 Å². The summed E-state index contributed by atoms with van der Waals surface area (Å²) in [6, 6.07) is 6.34. The standard InChI is InChI=1S/C15H16FN3O3S/c16-12-6-4-11(5-7-12)10-23(21,22)18-15(20)14-3-1-2-13-8-9-17-19(13)14/h4-9,14H,1-3,10H2,(H,18,20). The van der Waals surface area contributed by atoms with E-state index in [1.165, 1.54) is 24.3 Å². The number of halogens is 1. The highest BCUT2D eigenvalue weighted by Gasteiger charge is 2.29. The van der Waals surface area contributed by atoms with Crippen LogP contribution < -0.4 is 4.72 Å². The van der Waals surface area contributed by atoms with Crippen molar-refractivity contribution in [3.63, 3.8) is 0 Å². The lowest BCUT2D eigenvalue weighted by Gasteiger charge is -2.23. The molecule has 0 saturated carbocycles. The first kappa shape index (κ1) is 15.7. The molecule has 1 aliphatic rings. The highest BCUT2D eigenvalue weighted by atomic mass is 32.2. The normalized spacial score (nSPS) is 17.5. The van der Waals surface area contributed by atoms with E-state index < -0.39 is 27.8 Å². The average Bonchev–Trinajstić information content (AvgIpc) is 2.97. The molecule has 23 heavy (non-hydrogen) atoms. The van der Waals surface area contributed by atoms with Gasteiger partial charge in [-0.1, -0.05) is 12.1 Å². The molecule has 0 aliphatic carbocycles. The Balaban J connectivity index is 1.71. The number of rotatable bonds is 4. The lowest BCUT2D eigenvalue weighted by Crippen LogP contribution is -2.39. The molecule has 0 bridgehead atoms. The molecule has 2 heterocycles. The fraction of sp³-hybridized carbons (Fsp3) is 0.333. The Bertz CT molecular complexity index is 815. The van der Waals surface area contributed by atoms with Crippen LogP contribution in [0.15, 0.2) is 36.5 Å². The van der Waals surface area contributed by atoms with Gasteiger partial charge in [0.2, 0.25) is 10.0 Å². The van der Waals surface area contributed by atoms with Crippen molar-refractivity contribution in [2.75, 3.05) is 0 Å². The molecule has 1 aliphatic heterocycles. The summed E-state index contributed by atoms with van der Waals surface area (Å²) in [7, 11) is -3.84. The van der Waals surface area contributed by atoms with Crippen LogP contribution in [-0.2, 0) is 27.0 Å². The summed E-state index contributed by atoms with van der Waals surface area (Å²) in [5, 5.41) is 4.10. The van der Waals surface area contributed by atoms with Gasteiger partial charge in [0, 0.05) is 11.9 Å². The molecule has 0 spiro atoms. The zero-order valence-corrected chi connectivity index (χ0v) is 13.1. The van der Waals surface area contributed by atoms with Crippen molar-refractivity contribution < 1.29 is 17.6 Å². The van der Waals surface area contributed by atoms with Crippen molar-refractivity contribution >= 4 is 15.9 Å². The van der Waals surface area contributed by atoms with Crippen molar-refractivity contribution in [2.24, 2.45) is 0 Å². The number of sulfonamides is 1. The van der Waals surface area contributed by atoms with Crippen molar-refractivity contribution in [3.05, 3.63) is 53.6 Å². The summed E-state index contributed by atoms with van der Waals surface area (Å²) >= 11 is 0. The molecule has 1 aromatic heterocycles. The largest absolute Gasteiger partial charge is 0.272 e. The molecule has 1 N–H and O–H groups in total. The SMILES string of the molecule is O=C(NS(=O)(=O)Cc1ccc(F)cc1)C1CCCc2ccnn21. The first-order valence-corrected chi connectivity index (χ1v) is 8.91. The maximum atomic E-state index is 12.9. The van der Waals surface area contributed by atoms with Crippen LogP contribution in [0, 0.1) is 5.82 Å². The van der Waals surface area contributed by atoms with Crippen LogP contribution in [-0.4, -0.2) is 24.1 Å². The Hall–Kier alpha value is -2.22. The molecule has 1 atom stereocenters. The number of nitrogens with one attached hydrogen (secondary N) is 1. The smallest absolute Gasteiger partial charge is 0.258 e. The Morgan fingerprint density at radius 1 is 1.30 bits per heavy atom. The number of amides is 1. The van der Waals surface area contributed by atoms with E-state index in [9.17, 15) is 17.6 Å². The Labute approximate surface area is 133 Å². The van der Waals surface area contributed by atoms with Crippen LogP contribution in [0.25, 0.3) is 0 Å². The number of hydrogen-bond donors (Lipinski definition) is 1. The predicted octanol–water partition coefficient (Wildman–Crippen LogP) is 1.55. The minimum Gasteiger partial charge on any atom is -0.272 e. The first-order chi connectivity index (χ1) is 10.9. The highest BCUT2D eigenvalue weighted by molar-refractivity contribution is 7.89. The zero-order valence-electron chi connectivity index (χ0n) is 12.3. The van der Waals surface area contributed by atoms with Gasteiger partial charge in [-0.15, -0.1) is 0 Å². The minimum atomic E-state index is -3.84. The lowest BCUT2D eigenvalue weighted by molar-refractivity contribution is -0.123. The zero-order chi connectivity index (χ0) is 16.4. The maximum absolute atomic E-state index is 12.9. The average molecular weight is 337 g/mol. The van der Waals surface area contributed by atoms with Gasteiger partial charge in [-0.05, 0) is 43.0 Å². The molecule has 122 valence electrons. The molecular weight excluding hydrogens is 321 g/mol. The van der Waals surface area contributed by atoms with Crippen LogP contribution in [0.4, 0.5) is 4.39 Å². The third-order valence-corrected chi connectivity index (χ3v) is 5.01. The second-order valence-electron chi connectivity index (χ2n) is 5.53. The molecule has 0 fully saturated rings. The van der Waals surface area contributed by atoms with E-state index >= 15 is 0 Å². The number of carbonyl (C=O) groups is 1. The summed E-state index contributed by atoms with van der Waals surface area (Å²) in [4.78, 5) is 12.3. The fourth-order valence-electron chi connectivity index (χ4n) is 2.72. The van der Waals surface area contributed by atoms with Gasteiger partial charge >= 0.3 is 0 Å². The Morgan fingerprint density at radius 3 is 2.78 bits per heavy atom. The number of hydrogen-bond acceptors (Lipinski definition) is 4. The van der Waals surface area contributed by atoms with E-state index in [0.29, 0.717) is 12.0 Å². The van der Waals surface area contributed by atoms with Crippen molar-refractivity contribution in [1.82, 2.24) is 14.5 Å². The second-order valence-corrected chi connectivity index (χ2v) is 7.25. The van der Waals surface area contributed by atoms with Gasteiger partial charge in [0.05, 0.1) is 5.75 Å². The van der Waals surface area contributed by atoms with Crippen LogP contribution in [0.2, 0.25) is 0 Å². The van der Waals surface area contributed by atoms with Gasteiger partial charge < -0.3 is 0 Å². The van der Waals surface area contributed by atoms with Crippen molar-refractivity contribution in [2.45, 2.75) is 31.1 Å². The number of fused-ring (bicyclic) bond motifs is 1. The molecule has 6 nitrogen and oxygen atoms in total. The third-order valence-electron chi connectivity index (χ3n) is 3.79. The van der Waals surface area contributed by atoms with Gasteiger partial charge in [0.1, 0.15) is 11.9 Å². The van der Waals surface area contributed by atoms with Crippen molar-refractivity contribution in [1.29, 1.82) is 0 Å². The van der Waals surface area contributed by atoms with E-state index in [-0.39, 0.29) is 5.75 Å². The van der Waals surface area contributed by atoms with Crippen molar-refractivity contribution in [3.8, 4) is 0 Å². The van der Waals surface area contributed by atoms with Gasteiger partial charge in [-0.25, -0.2) is 12.8 Å². The topological polar surface area (TPSA) is 81.1 Å². The number of nitrogens with zero attached hydrogens (tertiary/aromatic N) is 2. The molecule has 1 unspecified atom stereocenters. The quantitative estimate of drug-likeness (QED) is 0.918. The third kappa shape index (κ3) is 3.58. The molecular formula is C15H16FN3O3S. The summed E-state index contributed by atoms with van der Waals surface area (Å²) in [6.07, 6.45) is 3.79. The van der Waals surface area contributed by atoms with Crippen LogP contribution in [0.3, 0.4) is 0 Å². The monoisotopic (exact) mass is 337 g/mol. The van der Waals surface area contributed by atoms with Crippen LogP contribution in [0.5, 0.6) is 0 Å². The number of aryl methyl sites for hydroxylation is 1. The minimum absolute atomic E-state index is 0.377. The van der Waals surface area contributed by atoms with Gasteiger partial charge in [0.15, 0.2) is 0 Å². The molecule has 0 radical (unpaired) electrons. The molecule has 8 heteroatoms. The molecule has 1 amide bonds. The summed E-state index contributed by atoms with van der Waals surface area (Å²) < 4.78 is 40.8. The molecule has 0 saturated heterocycles. The number of benzene rings is 1. The van der Waals surface area contributed by atoms with E-state index in [4.69, 9.17) is 0 Å². The predicted molar refractivity (Wildman–Crippen MR) is 81.4 cm³/mol. The number of carbonyl (C=O) groups excluding carboxylic acids is 1. The lowest BCUT2D eigenvalue weighted by atomic mass is 10.0. The Kier molecular flexibility index (Phi) is 4.16. The Morgan fingerprint density at radius 2 is 2.04 bits per heavy atom. The maximum Gasteiger partial charge on any atom is 0.258 e. The first-order valence-electron chi connectivity index (χ1n) is 7.26. The van der Waals surface area contributed by atoms with Crippen LogP contribution in [0.1, 0.15) is 30.1 Å². The van der Waals surface area contributed by atoms with Gasteiger partial charge in [-0.2, -0.15) is 5.10 Å². The van der Waals surface area contributed by atoms with E-state index in [2.05, 4.69) is 9.82 Å². The summed E-state index contributed by atoms with van der Waals surface area (Å²) in [6.45, 7) is 0. The highest BCUT2D eigenvalue weighted by Crippen LogP contribution is 2.24. The van der Waals surface area contributed by atoms with E-state index in [0.717, 1.165) is 18.5 Å². The van der Waals surface area contributed by atoms with Gasteiger partial charge in [0.25, 0.3) is 5.91 Å². The molecule has 2 aromatic rings. The number of aromatic nitrogens is 2. The van der Waals surface area contributed by atoms with Gasteiger partial charge in [-0.3, -0.25) is 14.2 Å². The fourth-order valence-corrected chi connectivity index (χ4v) is 3.86. The molecule has 3 rings (SSSR count). The summed E-state index contributed by atoms with van der Waals surface area (Å²) in [5.74, 6) is -1.40. The summed E-state index contributed by atoms with van der Waals surface area (Å²) in [5.41, 5.74) is 1.34. The second kappa shape index (κ2) is 6.11.